The first-order valence-electron chi connectivity index (χ1n) is 5.97. The van der Waals surface area contributed by atoms with Crippen LogP contribution in [0.2, 0.25) is 0 Å². The quantitative estimate of drug-likeness (QED) is 0.666. The summed E-state index contributed by atoms with van der Waals surface area (Å²) in [6.07, 6.45) is 3.55. The van der Waals surface area contributed by atoms with Gasteiger partial charge in [0, 0.05) is 0 Å². The lowest BCUT2D eigenvalue weighted by molar-refractivity contribution is -0.121. The Morgan fingerprint density at radius 3 is 1.86 bits per heavy atom. The van der Waals surface area contributed by atoms with Gasteiger partial charge >= 0.3 is 0 Å². The highest BCUT2D eigenvalue weighted by Gasteiger charge is 2.39. The molecule has 0 aliphatic rings. The molecule has 0 heterocycles. The van der Waals surface area contributed by atoms with E-state index in [-0.39, 0.29) is 5.92 Å². The minimum absolute atomic E-state index is 0.217. The zero-order chi connectivity index (χ0) is 11.2. The van der Waals surface area contributed by atoms with Crippen LogP contribution in [-0.2, 0) is 0 Å². The topological polar surface area (TPSA) is 40.5 Å². The van der Waals surface area contributed by atoms with Gasteiger partial charge in [-0.1, -0.05) is 47.0 Å². The Kier molecular flexibility index (Phi) is 6.38. The third kappa shape index (κ3) is 2.96. The highest BCUT2D eigenvalue weighted by atomic mass is 16.3. The maximum absolute atomic E-state index is 10.4. The second-order valence-corrected chi connectivity index (χ2v) is 4.16. The van der Waals surface area contributed by atoms with E-state index in [4.69, 9.17) is 0 Å². The molecule has 14 heavy (non-hydrogen) atoms. The van der Waals surface area contributed by atoms with Crippen molar-refractivity contribution in [2.45, 2.75) is 71.5 Å². The van der Waals surface area contributed by atoms with Gasteiger partial charge < -0.3 is 10.2 Å². The van der Waals surface area contributed by atoms with Gasteiger partial charge in [0.05, 0.1) is 11.7 Å². The van der Waals surface area contributed by atoms with Crippen LogP contribution in [0.5, 0.6) is 0 Å². The summed E-state index contributed by atoms with van der Waals surface area (Å²) in [7, 11) is 0. The summed E-state index contributed by atoms with van der Waals surface area (Å²) in [6.45, 7) is 8.14. The second kappa shape index (κ2) is 6.41. The van der Waals surface area contributed by atoms with Crippen LogP contribution in [0.15, 0.2) is 0 Å². The molecule has 0 spiro atoms. The van der Waals surface area contributed by atoms with Crippen LogP contribution in [0.4, 0.5) is 0 Å². The SMILES string of the molecule is CCCC(O)C(O)(CC)C(CC)CC. The number of rotatable bonds is 7. The number of aliphatic hydroxyl groups excluding tert-OH is 1. The van der Waals surface area contributed by atoms with E-state index in [1.165, 1.54) is 0 Å². The van der Waals surface area contributed by atoms with Crippen molar-refractivity contribution in [2.75, 3.05) is 0 Å². The molecule has 0 rings (SSSR count). The van der Waals surface area contributed by atoms with Crippen molar-refractivity contribution < 1.29 is 10.2 Å². The van der Waals surface area contributed by atoms with Gasteiger partial charge in [0.15, 0.2) is 0 Å². The van der Waals surface area contributed by atoms with Gasteiger partial charge in [0.25, 0.3) is 0 Å². The summed E-state index contributed by atoms with van der Waals surface area (Å²) in [5.41, 5.74) is -0.875. The smallest absolute Gasteiger partial charge is 0.0930 e. The third-order valence-corrected chi connectivity index (χ3v) is 3.40. The second-order valence-electron chi connectivity index (χ2n) is 4.16. The Morgan fingerprint density at radius 2 is 1.57 bits per heavy atom. The van der Waals surface area contributed by atoms with Gasteiger partial charge in [-0.2, -0.15) is 0 Å². The highest BCUT2D eigenvalue weighted by molar-refractivity contribution is 4.90. The summed E-state index contributed by atoms with van der Waals surface area (Å²) in [5.74, 6) is 0.217. The molecule has 2 atom stereocenters. The van der Waals surface area contributed by atoms with Crippen molar-refractivity contribution >= 4 is 0 Å². The summed E-state index contributed by atoms with van der Waals surface area (Å²) >= 11 is 0. The molecule has 0 aliphatic carbocycles. The zero-order valence-corrected chi connectivity index (χ0v) is 10.1. The van der Waals surface area contributed by atoms with Crippen molar-refractivity contribution in [3.8, 4) is 0 Å². The Morgan fingerprint density at radius 1 is 1.07 bits per heavy atom. The van der Waals surface area contributed by atoms with Crippen molar-refractivity contribution in [3.63, 3.8) is 0 Å². The number of aliphatic hydroxyl groups is 2. The van der Waals surface area contributed by atoms with Gasteiger partial charge in [0.2, 0.25) is 0 Å². The molecule has 0 aromatic rings. The van der Waals surface area contributed by atoms with Gasteiger partial charge in [-0.25, -0.2) is 0 Å². The fourth-order valence-electron chi connectivity index (χ4n) is 2.32. The van der Waals surface area contributed by atoms with E-state index in [2.05, 4.69) is 13.8 Å². The van der Waals surface area contributed by atoms with Crippen molar-refractivity contribution in [1.82, 2.24) is 0 Å². The molecule has 2 heteroatoms. The van der Waals surface area contributed by atoms with E-state index in [0.29, 0.717) is 12.8 Å². The predicted molar refractivity (Wildman–Crippen MR) is 60.2 cm³/mol. The van der Waals surface area contributed by atoms with E-state index >= 15 is 0 Å². The monoisotopic (exact) mass is 202 g/mol. The molecule has 0 fully saturated rings. The highest BCUT2D eigenvalue weighted by Crippen LogP contribution is 2.32. The molecule has 2 N–H and O–H groups in total. The Labute approximate surface area is 88.3 Å². The molecule has 86 valence electrons. The largest absolute Gasteiger partial charge is 0.390 e. The van der Waals surface area contributed by atoms with Crippen LogP contribution in [0.3, 0.4) is 0 Å². The first kappa shape index (κ1) is 13.9. The Balaban J connectivity index is 4.57. The predicted octanol–water partition coefficient (Wildman–Crippen LogP) is 2.72. The van der Waals surface area contributed by atoms with Crippen LogP contribution < -0.4 is 0 Å². The van der Waals surface area contributed by atoms with Crippen LogP contribution in [0, 0.1) is 5.92 Å². The maximum Gasteiger partial charge on any atom is 0.0930 e. The van der Waals surface area contributed by atoms with E-state index in [1.807, 2.05) is 13.8 Å². The van der Waals surface area contributed by atoms with Crippen molar-refractivity contribution in [1.29, 1.82) is 0 Å². The Bertz CT molecular complexity index is 143. The van der Waals surface area contributed by atoms with Gasteiger partial charge in [-0.3, -0.25) is 0 Å². The minimum atomic E-state index is -0.875. The van der Waals surface area contributed by atoms with E-state index in [9.17, 15) is 10.2 Å². The van der Waals surface area contributed by atoms with Crippen LogP contribution in [-0.4, -0.2) is 21.9 Å². The van der Waals surface area contributed by atoms with Crippen LogP contribution in [0.25, 0.3) is 0 Å². The van der Waals surface area contributed by atoms with E-state index in [0.717, 1.165) is 19.3 Å². The average molecular weight is 202 g/mol. The van der Waals surface area contributed by atoms with Crippen molar-refractivity contribution in [3.05, 3.63) is 0 Å². The van der Waals surface area contributed by atoms with Crippen molar-refractivity contribution in [2.24, 2.45) is 5.92 Å². The third-order valence-electron chi connectivity index (χ3n) is 3.40. The standard InChI is InChI=1S/C12H26O2/c1-5-9-11(13)12(14,8-4)10(6-2)7-3/h10-11,13-14H,5-9H2,1-4H3. The van der Waals surface area contributed by atoms with Gasteiger partial charge in [0.1, 0.15) is 0 Å². The Hall–Kier alpha value is -0.0800. The molecular formula is C12H26O2. The molecule has 0 aliphatic heterocycles. The molecule has 0 bridgehead atoms. The summed E-state index contributed by atoms with van der Waals surface area (Å²) in [4.78, 5) is 0. The lowest BCUT2D eigenvalue weighted by Gasteiger charge is -2.38. The van der Waals surface area contributed by atoms with Crippen LogP contribution >= 0.6 is 0 Å². The molecule has 0 saturated heterocycles. The lowest BCUT2D eigenvalue weighted by atomic mass is 9.76. The molecule has 0 amide bonds. The average Bonchev–Trinajstić information content (AvgIpc) is 2.19. The lowest BCUT2D eigenvalue weighted by Crippen LogP contribution is -2.48. The van der Waals surface area contributed by atoms with Gasteiger partial charge in [-0.05, 0) is 18.8 Å². The minimum Gasteiger partial charge on any atom is -0.390 e. The molecular weight excluding hydrogens is 176 g/mol. The molecule has 0 aromatic heterocycles. The fourth-order valence-corrected chi connectivity index (χ4v) is 2.32. The van der Waals surface area contributed by atoms with E-state index < -0.39 is 11.7 Å². The maximum atomic E-state index is 10.4. The van der Waals surface area contributed by atoms with E-state index in [1.54, 1.807) is 0 Å². The summed E-state index contributed by atoms with van der Waals surface area (Å²) in [6, 6.07) is 0. The molecule has 0 saturated carbocycles. The fraction of sp³-hybridized carbons (Fsp3) is 1.00. The van der Waals surface area contributed by atoms with Gasteiger partial charge in [-0.15, -0.1) is 0 Å². The normalized spacial score (nSPS) is 18.2. The zero-order valence-electron chi connectivity index (χ0n) is 10.1. The number of hydrogen-bond acceptors (Lipinski definition) is 2. The first-order valence-corrected chi connectivity index (χ1v) is 5.97. The summed E-state index contributed by atoms with van der Waals surface area (Å²) < 4.78 is 0. The first-order chi connectivity index (χ1) is 6.56. The molecule has 0 aromatic carbocycles. The summed E-state index contributed by atoms with van der Waals surface area (Å²) in [5, 5.41) is 20.4. The molecule has 0 radical (unpaired) electrons. The molecule has 2 unspecified atom stereocenters. The molecule has 2 nitrogen and oxygen atoms in total. The van der Waals surface area contributed by atoms with Crippen LogP contribution in [0.1, 0.15) is 59.8 Å². The number of hydrogen-bond donors (Lipinski definition) is 2.